The third-order valence-electron chi connectivity index (χ3n) is 4.32. The number of thioether (sulfide) groups is 1. The van der Waals surface area contributed by atoms with Crippen LogP contribution in [0.1, 0.15) is 52.7 Å². The Balaban J connectivity index is 2.18. The number of amides is 1. The van der Waals surface area contributed by atoms with E-state index >= 15 is 0 Å². The molecule has 1 aliphatic rings. The first-order chi connectivity index (χ1) is 10.8. The summed E-state index contributed by atoms with van der Waals surface area (Å²) in [6, 6.07) is 5.59. The molecule has 0 aliphatic carbocycles. The third kappa shape index (κ3) is 4.12. The van der Waals surface area contributed by atoms with E-state index in [1.807, 2.05) is 32.0 Å². The van der Waals surface area contributed by atoms with Gasteiger partial charge in [0, 0.05) is 6.20 Å². The Morgan fingerprint density at radius 3 is 2.70 bits per heavy atom. The van der Waals surface area contributed by atoms with Crippen LogP contribution in [0.4, 0.5) is 0 Å². The minimum atomic E-state index is -0.759. The van der Waals surface area contributed by atoms with Gasteiger partial charge in [-0.25, -0.2) is 4.99 Å². The summed E-state index contributed by atoms with van der Waals surface area (Å²) in [5.41, 5.74) is 6.40. The van der Waals surface area contributed by atoms with Crippen LogP contribution in [0, 0.1) is 5.92 Å². The van der Waals surface area contributed by atoms with Gasteiger partial charge in [-0.1, -0.05) is 44.5 Å². The fraction of sp³-hybridized carbons (Fsp3) is 0.588. The molecule has 1 aromatic rings. The lowest BCUT2D eigenvalue weighted by Gasteiger charge is -2.25. The van der Waals surface area contributed by atoms with Crippen molar-refractivity contribution in [1.29, 1.82) is 0 Å². The Morgan fingerprint density at radius 2 is 2.13 bits per heavy atom. The topological polar surface area (TPSA) is 80.4 Å². The fourth-order valence-corrected chi connectivity index (χ4v) is 3.94. The van der Waals surface area contributed by atoms with Crippen molar-refractivity contribution in [2.75, 3.05) is 0 Å². The summed E-state index contributed by atoms with van der Waals surface area (Å²) in [7, 11) is 0. The zero-order valence-electron chi connectivity index (χ0n) is 14.3. The normalized spacial score (nSPS) is 25.7. The molecule has 0 bridgehead atoms. The molecule has 1 saturated heterocycles. The molecule has 2 unspecified atom stereocenters. The lowest BCUT2D eigenvalue weighted by atomic mass is 9.92. The van der Waals surface area contributed by atoms with Crippen LogP contribution in [0.25, 0.3) is 0 Å². The van der Waals surface area contributed by atoms with E-state index in [2.05, 4.69) is 29.1 Å². The molecule has 0 aromatic carbocycles. The predicted molar refractivity (Wildman–Crippen MR) is 96.0 cm³/mol. The lowest BCUT2D eigenvalue weighted by Crippen LogP contribution is -2.38. The SMILES string of the molecule is CCC(CC)CC(C)(N)/N=C1/NC(=O)C(C)(c2ccccn2)S1. The second-order valence-corrected chi connectivity index (χ2v) is 7.87. The van der Waals surface area contributed by atoms with Gasteiger partial charge in [-0.05, 0) is 38.3 Å². The van der Waals surface area contributed by atoms with Gasteiger partial charge in [0.25, 0.3) is 0 Å². The van der Waals surface area contributed by atoms with Crippen LogP contribution in [0.15, 0.2) is 29.4 Å². The Labute approximate surface area is 142 Å². The monoisotopic (exact) mass is 334 g/mol. The van der Waals surface area contributed by atoms with Crippen molar-refractivity contribution < 1.29 is 4.79 Å². The average Bonchev–Trinajstić information content (AvgIpc) is 2.80. The van der Waals surface area contributed by atoms with Crippen molar-refractivity contribution in [3.05, 3.63) is 30.1 Å². The highest BCUT2D eigenvalue weighted by molar-refractivity contribution is 8.15. The molecule has 2 heterocycles. The number of rotatable bonds is 6. The van der Waals surface area contributed by atoms with Gasteiger partial charge in [0.1, 0.15) is 10.4 Å². The molecule has 23 heavy (non-hydrogen) atoms. The van der Waals surface area contributed by atoms with Crippen LogP contribution < -0.4 is 11.1 Å². The molecule has 0 saturated carbocycles. The zero-order chi connectivity index (χ0) is 17.1. The van der Waals surface area contributed by atoms with Gasteiger partial charge in [-0.3, -0.25) is 9.78 Å². The summed E-state index contributed by atoms with van der Waals surface area (Å²) in [6.45, 7) is 8.12. The average molecular weight is 334 g/mol. The van der Waals surface area contributed by atoms with E-state index in [9.17, 15) is 4.79 Å². The van der Waals surface area contributed by atoms with Crippen molar-refractivity contribution in [3.63, 3.8) is 0 Å². The highest BCUT2D eigenvalue weighted by Crippen LogP contribution is 2.40. The maximum absolute atomic E-state index is 12.4. The number of hydrogen-bond donors (Lipinski definition) is 2. The summed E-state index contributed by atoms with van der Waals surface area (Å²) in [4.78, 5) is 21.4. The fourth-order valence-electron chi connectivity index (χ4n) is 2.79. The number of aromatic nitrogens is 1. The molecule has 0 radical (unpaired) electrons. The van der Waals surface area contributed by atoms with Crippen molar-refractivity contribution in [1.82, 2.24) is 10.3 Å². The number of pyridine rings is 1. The van der Waals surface area contributed by atoms with Gasteiger partial charge >= 0.3 is 0 Å². The number of carbonyl (C=O) groups is 1. The molecular weight excluding hydrogens is 308 g/mol. The highest BCUT2D eigenvalue weighted by Gasteiger charge is 2.45. The summed E-state index contributed by atoms with van der Waals surface area (Å²) >= 11 is 1.39. The molecule has 3 N–H and O–H groups in total. The molecule has 1 aromatic heterocycles. The third-order valence-corrected chi connectivity index (χ3v) is 5.51. The first-order valence-corrected chi connectivity index (χ1v) is 8.93. The van der Waals surface area contributed by atoms with E-state index in [4.69, 9.17) is 5.73 Å². The number of nitrogens with one attached hydrogen (secondary N) is 1. The standard InChI is InChI=1S/C17H26N4OS/c1-5-12(6-2)11-16(3,18)21-15-20-14(22)17(4,23-15)13-9-7-8-10-19-13/h7-10,12H,5-6,11,18H2,1-4H3,(H,20,21,22). The molecule has 5 nitrogen and oxygen atoms in total. The van der Waals surface area contributed by atoms with Gasteiger partial charge in [-0.2, -0.15) is 0 Å². The van der Waals surface area contributed by atoms with Crippen molar-refractivity contribution in [2.45, 2.75) is 57.4 Å². The van der Waals surface area contributed by atoms with Crippen LogP contribution in [0.3, 0.4) is 0 Å². The molecule has 2 atom stereocenters. The molecule has 1 aliphatic heterocycles. The van der Waals surface area contributed by atoms with E-state index in [0.717, 1.165) is 25.0 Å². The van der Waals surface area contributed by atoms with Crippen LogP contribution in [-0.2, 0) is 9.54 Å². The molecular formula is C17H26N4OS. The second kappa shape index (κ2) is 7.01. The highest BCUT2D eigenvalue weighted by atomic mass is 32.2. The summed E-state index contributed by atoms with van der Waals surface area (Å²) < 4.78 is -0.759. The predicted octanol–water partition coefficient (Wildman–Crippen LogP) is 3.02. The van der Waals surface area contributed by atoms with Crippen LogP contribution in [-0.4, -0.2) is 21.7 Å². The minimum Gasteiger partial charge on any atom is -0.307 e. The maximum Gasteiger partial charge on any atom is 0.248 e. The smallest absolute Gasteiger partial charge is 0.248 e. The zero-order valence-corrected chi connectivity index (χ0v) is 15.1. The molecule has 6 heteroatoms. The van der Waals surface area contributed by atoms with Crippen molar-refractivity contribution >= 4 is 22.8 Å². The van der Waals surface area contributed by atoms with Gasteiger partial charge in [0.2, 0.25) is 5.91 Å². The minimum absolute atomic E-state index is 0.0988. The Kier molecular flexibility index (Phi) is 5.47. The van der Waals surface area contributed by atoms with Crippen LogP contribution >= 0.6 is 11.8 Å². The molecule has 0 spiro atoms. The van der Waals surface area contributed by atoms with E-state index in [1.54, 1.807) is 6.20 Å². The Hall–Kier alpha value is -1.40. The number of carbonyl (C=O) groups excluding carboxylic acids is 1. The number of aliphatic imine (C=N–C) groups is 1. The van der Waals surface area contributed by atoms with Crippen LogP contribution in [0.5, 0.6) is 0 Å². The summed E-state index contributed by atoms with van der Waals surface area (Å²) in [6.07, 6.45) is 4.67. The summed E-state index contributed by atoms with van der Waals surface area (Å²) in [5.74, 6) is 0.442. The number of nitrogens with zero attached hydrogens (tertiary/aromatic N) is 2. The van der Waals surface area contributed by atoms with Crippen molar-refractivity contribution in [2.24, 2.45) is 16.6 Å². The molecule has 2 rings (SSSR count). The Morgan fingerprint density at radius 1 is 1.43 bits per heavy atom. The van der Waals surface area contributed by atoms with Gasteiger partial charge in [0.15, 0.2) is 5.17 Å². The largest absolute Gasteiger partial charge is 0.307 e. The van der Waals surface area contributed by atoms with Crippen molar-refractivity contribution in [3.8, 4) is 0 Å². The van der Waals surface area contributed by atoms with E-state index < -0.39 is 10.4 Å². The van der Waals surface area contributed by atoms with Gasteiger partial charge < -0.3 is 11.1 Å². The molecule has 126 valence electrons. The summed E-state index contributed by atoms with van der Waals surface area (Å²) in [5, 5.41) is 3.44. The Bertz CT molecular complexity index is 584. The quantitative estimate of drug-likeness (QED) is 0.838. The van der Waals surface area contributed by atoms with Gasteiger partial charge in [-0.15, -0.1) is 0 Å². The molecule has 1 amide bonds. The number of nitrogens with two attached hydrogens (primary N) is 1. The first-order valence-electron chi connectivity index (χ1n) is 8.11. The first kappa shape index (κ1) is 17.9. The lowest BCUT2D eigenvalue weighted by molar-refractivity contribution is -0.121. The van der Waals surface area contributed by atoms with E-state index in [-0.39, 0.29) is 5.91 Å². The van der Waals surface area contributed by atoms with Gasteiger partial charge in [0.05, 0.1) is 5.69 Å². The van der Waals surface area contributed by atoms with E-state index in [1.165, 1.54) is 11.8 Å². The van der Waals surface area contributed by atoms with E-state index in [0.29, 0.717) is 11.1 Å². The molecule has 1 fully saturated rings. The number of hydrogen-bond acceptors (Lipinski definition) is 5. The number of amidine groups is 1. The van der Waals surface area contributed by atoms with Crippen LogP contribution in [0.2, 0.25) is 0 Å². The second-order valence-electron chi connectivity index (χ2n) is 6.47. The maximum atomic E-state index is 12.4.